The third kappa shape index (κ3) is 5.46. The number of hydrogen-bond donors (Lipinski definition) is 0. The van der Waals surface area contributed by atoms with Gasteiger partial charge in [0.15, 0.2) is 0 Å². The van der Waals surface area contributed by atoms with Crippen LogP contribution in [-0.2, 0) is 10.8 Å². The molecule has 0 spiro atoms. The van der Waals surface area contributed by atoms with Gasteiger partial charge in [-0.25, -0.2) is 0 Å². The van der Waals surface area contributed by atoms with Crippen LogP contribution in [0.3, 0.4) is 0 Å². The highest BCUT2D eigenvalue weighted by Gasteiger charge is 2.39. The lowest BCUT2D eigenvalue weighted by atomic mass is 9.73. The number of benzene rings is 11. The van der Waals surface area contributed by atoms with Crippen molar-refractivity contribution in [2.24, 2.45) is 0 Å². The van der Waals surface area contributed by atoms with Crippen LogP contribution < -0.4 is 9.80 Å². The molecule has 1 aromatic heterocycles. The maximum Gasteiger partial charge on any atom is 0.0562 e. The summed E-state index contributed by atoms with van der Waals surface area (Å²) in [5.41, 5.74) is 15.8. The Hall–Kier alpha value is -8.14. The van der Waals surface area contributed by atoms with E-state index < -0.39 is 0 Å². The monoisotopic (exact) mass is 857 g/mol. The first-order valence-electron chi connectivity index (χ1n) is 23.6. The highest BCUT2D eigenvalue weighted by Crippen LogP contribution is 2.55. The first kappa shape index (κ1) is 38.2. The Morgan fingerprint density at radius 1 is 0.269 bits per heavy atom. The SMILES string of the molecule is CC1(C)c2ccccc2N(c2ccc3cc4cc(N5c6ccccc6C(C)(C)c6cc7c8cc9cc%10ccccc%10cc9cc8n(-c8ccccc8)c7cc65)ccc4cc3c2)c2ccccc21. The van der Waals surface area contributed by atoms with E-state index in [1.165, 1.54) is 116 Å². The van der Waals surface area contributed by atoms with Crippen LogP contribution in [0.4, 0.5) is 34.1 Å². The van der Waals surface area contributed by atoms with Gasteiger partial charge in [-0.1, -0.05) is 137 Å². The van der Waals surface area contributed by atoms with Gasteiger partial charge in [0.25, 0.3) is 0 Å². The largest absolute Gasteiger partial charge is 0.310 e. The van der Waals surface area contributed by atoms with Gasteiger partial charge in [-0.05, 0) is 168 Å². The Morgan fingerprint density at radius 2 is 0.672 bits per heavy atom. The van der Waals surface area contributed by atoms with E-state index in [-0.39, 0.29) is 10.8 Å². The molecular formula is C64H47N3. The zero-order valence-corrected chi connectivity index (χ0v) is 38.0. The highest BCUT2D eigenvalue weighted by molar-refractivity contribution is 6.16. The van der Waals surface area contributed by atoms with Crippen LogP contribution in [0.15, 0.2) is 212 Å². The Morgan fingerprint density at radius 3 is 1.22 bits per heavy atom. The minimum Gasteiger partial charge on any atom is -0.310 e. The van der Waals surface area contributed by atoms with Crippen molar-refractivity contribution in [3.8, 4) is 5.69 Å². The molecule has 3 heteroatoms. The minimum absolute atomic E-state index is 0.100. The summed E-state index contributed by atoms with van der Waals surface area (Å²) in [5, 5.41) is 12.5. The lowest BCUT2D eigenvalue weighted by molar-refractivity contribution is 0.632. The fourth-order valence-corrected chi connectivity index (χ4v) is 12.0. The van der Waals surface area contributed by atoms with E-state index in [4.69, 9.17) is 0 Å². The van der Waals surface area contributed by atoms with Crippen LogP contribution in [0.5, 0.6) is 0 Å². The van der Waals surface area contributed by atoms with E-state index in [1.807, 2.05) is 0 Å². The molecule has 0 amide bonds. The number of nitrogens with zero attached hydrogens (tertiary/aromatic N) is 3. The molecule has 0 aliphatic carbocycles. The molecule has 3 nitrogen and oxygen atoms in total. The molecule has 14 rings (SSSR count). The van der Waals surface area contributed by atoms with Gasteiger partial charge in [0, 0.05) is 38.7 Å². The van der Waals surface area contributed by atoms with Gasteiger partial charge in [0.1, 0.15) is 0 Å². The maximum absolute atomic E-state index is 2.52. The van der Waals surface area contributed by atoms with Crippen molar-refractivity contribution in [1.82, 2.24) is 4.57 Å². The number of fused-ring (bicyclic) bond motifs is 11. The van der Waals surface area contributed by atoms with Gasteiger partial charge >= 0.3 is 0 Å². The number of rotatable bonds is 3. The molecule has 0 radical (unpaired) electrons. The summed E-state index contributed by atoms with van der Waals surface area (Å²) in [6.45, 7) is 9.49. The zero-order valence-electron chi connectivity index (χ0n) is 38.0. The van der Waals surface area contributed by atoms with Crippen LogP contribution in [-0.4, -0.2) is 4.57 Å². The topological polar surface area (TPSA) is 11.4 Å². The number of hydrogen-bond acceptors (Lipinski definition) is 2. The van der Waals surface area contributed by atoms with Gasteiger partial charge in [0.05, 0.1) is 33.8 Å². The molecule has 3 heterocycles. The van der Waals surface area contributed by atoms with Crippen molar-refractivity contribution in [2.75, 3.05) is 9.80 Å². The molecule has 2 aliphatic rings. The van der Waals surface area contributed by atoms with Gasteiger partial charge in [-0.15, -0.1) is 0 Å². The van der Waals surface area contributed by atoms with Crippen molar-refractivity contribution >= 4 is 99.0 Å². The maximum atomic E-state index is 2.52. The summed E-state index contributed by atoms with van der Waals surface area (Å²) in [6, 6.07) is 79.7. The summed E-state index contributed by atoms with van der Waals surface area (Å²) in [4.78, 5) is 4.97. The second-order valence-corrected chi connectivity index (χ2v) is 19.9. The fraction of sp³-hybridized carbons (Fsp3) is 0.0938. The molecule has 0 atom stereocenters. The van der Waals surface area contributed by atoms with Crippen LogP contribution in [0.2, 0.25) is 0 Å². The number of aromatic nitrogens is 1. The van der Waals surface area contributed by atoms with Crippen LogP contribution >= 0.6 is 0 Å². The molecule has 318 valence electrons. The summed E-state index contributed by atoms with van der Waals surface area (Å²) in [6.07, 6.45) is 0. The fourth-order valence-electron chi connectivity index (χ4n) is 12.0. The second kappa shape index (κ2) is 13.7. The summed E-state index contributed by atoms with van der Waals surface area (Å²) >= 11 is 0. The Labute approximate surface area is 390 Å². The predicted molar refractivity (Wildman–Crippen MR) is 284 cm³/mol. The zero-order chi connectivity index (χ0) is 44.8. The predicted octanol–water partition coefficient (Wildman–Crippen LogP) is 17.6. The average Bonchev–Trinajstić information content (AvgIpc) is 3.66. The van der Waals surface area contributed by atoms with E-state index in [1.54, 1.807) is 0 Å². The summed E-state index contributed by atoms with van der Waals surface area (Å²) in [7, 11) is 0. The average molecular weight is 858 g/mol. The van der Waals surface area contributed by atoms with E-state index in [0.717, 1.165) is 11.4 Å². The lowest BCUT2D eigenvalue weighted by Gasteiger charge is -2.42. The van der Waals surface area contributed by atoms with E-state index in [9.17, 15) is 0 Å². The minimum atomic E-state index is -0.249. The molecule has 12 aromatic rings. The molecule has 0 unspecified atom stereocenters. The van der Waals surface area contributed by atoms with Crippen LogP contribution in [0.1, 0.15) is 49.9 Å². The first-order chi connectivity index (χ1) is 32.7. The Balaban J connectivity index is 0.953. The van der Waals surface area contributed by atoms with E-state index >= 15 is 0 Å². The molecule has 67 heavy (non-hydrogen) atoms. The molecule has 0 saturated carbocycles. The van der Waals surface area contributed by atoms with Gasteiger partial charge in [-0.2, -0.15) is 0 Å². The molecule has 11 aromatic carbocycles. The molecule has 2 aliphatic heterocycles. The third-order valence-electron chi connectivity index (χ3n) is 15.4. The normalized spacial score (nSPS) is 14.7. The molecule has 0 fully saturated rings. The van der Waals surface area contributed by atoms with Crippen molar-refractivity contribution in [2.45, 2.75) is 38.5 Å². The summed E-state index contributed by atoms with van der Waals surface area (Å²) < 4.78 is 2.48. The van der Waals surface area contributed by atoms with Crippen molar-refractivity contribution < 1.29 is 0 Å². The van der Waals surface area contributed by atoms with Crippen LogP contribution in [0, 0.1) is 0 Å². The van der Waals surface area contributed by atoms with Gasteiger partial charge in [-0.3, -0.25) is 0 Å². The highest BCUT2D eigenvalue weighted by atomic mass is 15.2. The van der Waals surface area contributed by atoms with Gasteiger partial charge in [0.2, 0.25) is 0 Å². The van der Waals surface area contributed by atoms with Crippen molar-refractivity contribution in [1.29, 1.82) is 0 Å². The lowest BCUT2D eigenvalue weighted by Crippen LogP contribution is -2.30. The van der Waals surface area contributed by atoms with Gasteiger partial charge < -0.3 is 14.4 Å². The number of anilines is 6. The van der Waals surface area contributed by atoms with E-state index in [0.29, 0.717) is 0 Å². The Kier molecular flexibility index (Phi) is 7.80. The van der Waals surface area contributed by atoms with Crippen molar-refractivity contribution in [3.05, 3.63) is 235 Å². The van der Waals surface area contributed by atoms with Crippen molar-refractivity contribution in [3.63, 3.8) is 0 Å². The molecule has 0 saturated heterocycles. The number of para-hydroxylation sites is 4. The van der Waals surface area contributed by atoms with E-state index in [2.05, 4.69) is 254 Å². The summed E-state index contributed by atoms with van der Waals surface area (Å²) in [5.74, 6) is 0. The quantitative estimate of drug-likeness (QED) is 0.164. The molecule has 0 bridgehead atoms. The molecule has 0 N–H and O–H groups in total. The Bertz CT molecular complexity index is 4010. The van der Waals surface area contributed by atoms with Crippen LogP contribution in [0.25, 0.3) is 70.6 Å². The standard InChI is InChI=1S/C64H47N3/c1-63(2)53-20-10-13-23-57(53)66(58-24-14-11-21-54(58)63)49-28-26-42-33-45-35-50(29-27-43(45)32-44(42)34-49)67-59-25-15-12-22-55(59)64(3,4)56-38-52-51-36-46-30-40-16-8-9-17-41(40)31-47(46)37-60(51)65(61(52)39-62(56)67)48-18-6-5-7-19-48/h5-39H,1-4H3. The second-order valence-electron chi connectivity index (χ2n) is 19.9. The first-order valence-corrected chi connectivity index (χ1v) is 23.6. The molecular weight excluding hydrogens is 811 g/mol. The smallest absolute Gasteiger partial charge is 0.0562 e. The third-order valence-corrected chi connectivity index (χ3v) is 15.4.